The van der Waals surface area contributed by atoms with E-state index < -0.39 is 5.97 Å². The van der Waals surface area contributed by atoms with Gasteiger partial charge in [0.25, 0.3) is 0 Å². The van der Waals surface area contributed by atoms with Crippen molar-refractivity contribution in [2.45, 2.75) is 25.2 Å². The summed E-state index contributed by atoms with van der Waals surface area (Å²) in [6.07, 6.45) is 2.77. The molecular formula is C12H13ClO2. The molecule has 2 nitrogen and oxygen atoms in total. The van der Waals surface area contributed by atoms with Crippen LogP contribution >= 0.6 is 11.6 Å². The molecule has 1 N–H and O–H groups in total. The van der Waals surface area contributed by atoms with Gasteiger partial charge in [0.1, 0.15) is 0 Å². The summed E-state index contributed by atoms with van der Waals surface area (Å²) in [5.74, 6) is -0.724. The van der Waals surface area contributed by atoms with Crippen LogP contribution in [0, 0.1) is 5.92 Å². The number of hydrogen-bond acceptors (Lipinski definition) is 1. The second-order valence-corrected chi connectivity index (χ2v) is 4.47. The van der Waals surface area contributed by atoms with E-state index >= 15 is 0 Å². The average molecular weight is 225 g/mol. The van der Waals surface area contributed by atoms with Crippen LogP contribution in [0.3, 0.4) is 0 Å². The van der Waals surface area contributed by atoms with Gasteiger partial charge in [-0.1, -0.05) is 30.2 Å². The lowest BCUT2D eigenvalue weighted by atomic mass is 9.89. The molecule has 1 aliphatic rings. The lowest BCUT2D eigenvalue weighted by molar-refractivity contribution is -0.142. The summed E-state index contributed by atoms with van der Waals surface area (Å²) in [5.41, 5.74) is 1.10. The molecule has 0 heterocycles. The second-order valence-electron chi connectivity index (χ2n) is 4.03. The predicted molar refractivity (Wildman–Crippen MR) is 59.2 cm³/mol. The number of hydrogen-bond donors (Lipinski definition) is 1. The van der Waals surface area contributed by atoms with Crippen molar-refractivity contribution in [3.8, 4) is 0 Å². The first-order valence-electron chi connectivity index (χ1n) is 5.17. The highest BCUT2D eigenvalue weighted by atomic mass is 35.5. The Labute approximate surface area is 93.9 Å². The topological polar surface area (TPSA) is 37.3 Å². The molecule has 3 heteroatoms. The molecule has 1 fully saturated rings. The van der Waals surface area contributed by atoms with E-state index in [1.54, 1.807) is 0 Å². The molecule has 0 amide bonds. The van der Waals surface area contributed by atoms with Gasteiger partial charge in [-0.25, -0.2) is 0 Å². The van der Waals surface area contributed by atoms with Gasteiger partial charge in [-0.05, 0) is 36.5 Å². The van der Waals surface area contributed by atoms with Gasteiger partial charge < -0.3 is 5.11 Å². The number of aliphatic carboxylic acids is 1. The molecule has 2 rings (SSSR count). The third-order valence-electron chi connectivity index (χ3n) is 3.13. The zero-order valence-electron chi connectivity index (χ0n) is 8.32. The standard InChI is InChI=1S/C12H13ClO2/c13-9-6-4-8(5-7-9)10-2-1-3-11(10)12(14)15/h4-7,10-11H,1-3H2,(H,14,15). The SMILES string of the molecule is O=C(O)C1CCCC1c1ccc(Cl)cc1. The Bertz CT molecular complexity index is 358. The Morgan fingerprint density at radius 3 is 2.53 bits per heavy atom. The van der Waals surface area contributed by atoms with Crippen LogP contribution in [-0.4, -0.2) is 11.1 Å². The molecular weight excluding hydrogens is 212 g/mol. The maximum atomic E-state index is 11.0. The summed E-state index contributed by atoms with van der Waals surface area (Å²) >= 11 is 5.80. The van der Waals surface area contributed by atoms with E-state index in [2.05, 4.69) is 0 Å². The first-order chi connectivity index (χ1) is 7.18. The van der Waals surface area contributed by atoms with Crippen molar-refractivity contribution in [2.24, 2.45) is 5.92 Å². The van der Waals surface area contributed by atoms with Gasteiger partial charge in [-0.3, -0.25) is 4.79 Å². The van der Waals surface area contributed by atoms with Crippen LogP contribution in [0.25, 0.3) is 0 Å². The normalized spacial score (nSPS) is 25.4. The van der Waals surface area contributed by atoms with Crippen LogP contribution in [0.15, 0.2) is 24.3 Å². The van der Waals surface area contributed by atoms with Crippen molar-refractivity contribution in [1.82, 2.24) is 0 Å². The van der Waals surface area contributed by atoms with Gasteiger partial charge in [0.2, 0.25) is 0 Å². The van der Waals surface area contributed by atoms with Crippen LogP contribution < -0.4 is 0 Å². The molecule has 15 heavy (non-hydrogen) atoms. The third-order valence-corrected chi connectivity index (χ3v) is 3.38. The Hall–Kier alpha value is -1.02. The fraction of sp³-hybridized carbons (Fsp3) is 0.417. The predicted octanol–water partition coefficient (Wildman–Crippen LogP) is 3.31. The highest BCUT2D eigenvalue weighted by Crippen LogP contribution is 2.39. The number of carboxylic acids is 1. The quantitative estimate of drug-likeness (QED) is 0.837. The number of halogens is 1. The molecule has 1 saturated carbocycles. The molecule has 1 aromatic carbocycles. The summed E-state index contributed by atoms with van der Waals surface area (Å²) < 4.78 is 0. The largest absolute Gasteiger partial charge is 0.481 e. The fourth-order valence-corrected chi connectivity index (χ4v) is 2.49. The van der Waals surface area contributed by atoms with Gasteiger partial charge in [-0.15, -0.1) is 0 Å². The lowest BCUT2D eigenvalue weighted by Crippen LogP contribution is -2.16. The maximum Gasteiger partial charge on any atom is 0.307 e. The smallest absolute Gasteiger partial charge is 0.307 e. The molecule has 0 saturated heterocycles. The van der Waals surface area contributed by atoms with E-state index in [1.807, 2.05) is 24.3 Å². The van der Waals surface area contributed by atoms with Crippen molar-refractivity contribution < 1.29 is 9.90 Å². The molecule has 80 valence electrons. The number of carboxylic acid groups (broad SMARTS) is 1. The zero-order chi connectivity index (χ0) is 10.8. The first-order valence-corrected chi connectivity index (χ1v) is 5.54. The minimum Gasteiger partial charge on any atom is -0.481 e. The second kappa shape index (κ2) is 4.23. The molecule has 1 aliphatic carbocycles. The monoisotopic (exact) mass is 224 g/mol. The molecule has 2 unspecified atom stereocenters. The van der Waals surface area contributed by atoms with Crippen LogP contribution in [0.4, 0.5) is 0 Å². The average Bonchev–Trinajstić information content (AvgIpc) is 2.67. The molecule has 0 radical (unpaired) electrons. The number of benzene rings is 1. The molecule has 0 bridgehead atoms. The zero-order valence-corrected chi connectivity index (χ0v) is 9.07. The Morgan fingerprint density at radius 1 is 1.27 bits per heavy atom. The highest BCUT2D eigenvalue weighted by Gasteiger charge is 2.33. The molecule has 1 aromatic rings. The highest BCUT2D eigenvalue weighted by molar-refractivity contribution is 6.30. The summed E-state index contributed by atoms with van der Waals surface area (Å²) in [6, 6.07) is 7.53. The number of carbonyl (C=O) groups is 1. The fourth-order valence-electron chi connectivity index (χ4n) is 2.36. The molecule has 0 aromatic heterocycles. The van der Waals surface area contributed by atoms with Gasteiger partial charge in [0.05, 0.1) is 5.92 Å². The van der Waals surface area contributed by atoms with Crippen molar-refractivity contribution >= 4 is 17.6 Å². The molecule has 0 spiro atoms. The van der Waals surface area contributed by atoms with E-state index in [4.69, 9.17) is 16.7 Å². The van der Waals surface area contributed by atoms with Gasteiger partial charge in [-0.2, -0.15) is 0 Å². The van der Waals surface area contributed by atoms with Crippen molar-refractivity contribution in [2.75, 3.05) is 0 Å². The molecule has 2 atom stereocenters. The summed E-state index contributed by atoms with van der Waals surface area (Å²) in [4.78, 5) is 11.0. The van der Waals surface area contributed by atoms with Crippen LogP contribution in [-0.2, 0) is 4.79 Å². The third kappa shape index (κ3) is 2.15. The minimum atomic E-state index is -0.674. The Morgan fingerprint density at radius 2 is 1.93 bits per heavy atom. The Balaban J connectivity index is 2.22. The van der Waals surface area contributed by atoms with Gasteiger partial charge in [0, 0.05) is 5.02 Å². The number of rotatable bonds is 2. The van der Waals surface area contributed by atoms with Gasteiger partial charge >= 0.3 is 5.97 Å². The first kappa shape index (κ1) is 10.5. The van der Waals surface area contributed by atoms with Crippen LogP contribution in [0.2, 0.25) is 5.02 Å². The maximum absolute atomic E-state index is 11.0. The van der Waals surface area contributed by atoms with Gasteiger partial charge in [0.15, 0.2) is 0 Å². The van der Waals surface area contributed by atoms with Crippen LogP contribution in [0.5, 0.6) is 0 Å². The van der Waals surface area contributed by atoms with E-state index in [1.165, 1.54) is 0 Å². The Kier molecular flexibility index (Phi) is 2.96. The van der Waals surface area contributed by atoms with E-state index in [0.717, 1.165) is 24.8 Å². The van der Waals surface area contributed by atoms with Crippen molar-refractivity contribution in [3.63, 3.8) is 0 Å². The lowest BCUT2D eigenvalue weighted by Gasteiger charge is -2.15. The summed E-state index contributed by atoms with van der Waals surface area (Å²) in [6.45, 7) is 0. The van der Waals surface area contributed by atoms with Crippen LogP contribution in [0.1, 0.15) is 30.7 Å². The van der Waals surface area contributed by atoms with E-state index in [0.29, 0.717) is 5.02 Å². The van der Waals surface area contributed by atoms with E-state index in [9.17, 15) is 4.79 Å². The van der Waals surface area contributed by atoms with Crippen molar-refractivity contribution in [3.05, 3.63) is 34.9 Å². The molecule has 0 aliphatic heterocycles. The summed E-state index contributed by atoms with van der Waals surface area (Å²) in [7, 11) is 0. The van der Waals surface area contributed by atoms with Crippen molar-refractivity contribution in [1.29, 1.82) is 0 Å². The van der Waals surface area contributed by atoms with E-state index in [-0.39, 0.29) is 11.8 Å². The minimum absolute atomic E-state index is 0.166. The summed E-state index contributed by atoms with van der Waals surface area (Å²) in [5, 5.41) is 9.77.